The summed E-state index contributed by atoms with van der Waals surface area (Å²) in [5.41, 5.74) is 0.671. The molecule has 1 rings (SSSR count). The van der Waals surface area contributed by atoms with Crippen LogP contribution in [-0.2, 0) is 4.79 Å². The van der Waals surface area contributed by atoms with Gasteiger partial charge in [-0.05, 0) is 18.6 Å². The number of carbonyl (C=O) groups excluding carboxylic acids is 1. The standard InChI is InChI=1S/C30H53NO3/c1-4-5-6-7-8-9-10-11-12-13-14-15-16-17-18-19-20-21-22-23-30(32)31-28-26-27(33-2)24-25-29(28)34-3/h24-26H,4-23H2,1-3H3,(H,31,32). The Bertz CT molecular complexity index is 617. The Morgan fingerprint density at radius 3 is 1.50 bits per heavy atom. The van der Waals surface area contributed by atoms with Gasteiger partial charge in [-0.1, -0.05) is 122 Å². The molecule has 0 atom stereocenters. The number of hydrogen-bond acceptors (Lipinski definition) is 3. The normalized spacial score (nSPS) is 10.9. The fourth-order valence-electron chi connectivity index (χ4n) is 4.49. The minimum atomic E-state index is 0.0403. The van der Waals surface area contributed by atoms with E-state index in [2.05, 4.69) is 12.2 Å². The Kier molecular flexibility index (Phi) is 19.4. The van der Waals surface area contributed by atoms with Crippen LogP contribution in [0.5, 0.6) is 11.5 Å². The van der Waals surface area contributed by atoms with E-state index in [1.165, 1.54) is 109 Å². The Balaban J connectivity index is 1.87. The van der Waals surface area contributed by atoms with Crippen LogP contribution in [-0.4, -0.2) is 20.1 Å². The van der Waals surface area contributed by atoms with E-state index in [0.717, 1.165) is 12.8 Å². The monoisotopic (exact) mass is 475 g/mol. The first kappa shape index (κ1) is 30.3. The first-order valence-electron chi connectivity index (χ1n) is 14.2. The predicted molar refractivity (Wildman–Crippen MR) is 146 cm³/mol. The summed E-state index contributed by atoms with van der Waals surface area (Å²) in [6, 6.07) is 5.44. The lowest BCUT2D eigenvalue weighted by Gasteiger charge is -2.11. The zero-order valence-corrected chi connectivity index (χ0v) is 22.6. The minimum Gasteiger partial charge on any atom is -0.497 e. The number of anilines is 1. The molecule has 196 valence electrons. The van der Waals surface area contributed by atoms with E-state index in [9.17, 15) is 4.79 Å². The van der Waals surface area contributed by atoms with Gasteiger partial charge in [0.1, 0.15) is 11.5 Å². The first-order valence-corrected chi connectivity index (χ1v) is 14.2. The lowest BCUT2D eigenvalue weighted by molar-refractivity contribution is -0.116. The zero-order chi connectivity index (χ0) is 24.7. The molecular weight excluding hydrogens is 422 g/mol. The lowest BCUT2D eigenvalue weighted by Crippen LogP contribution is -2.12. The van der Waals surface area contributed by atoms with Crippen LogP contribution in [0, 0.1) is 0 Å². The summed E-state index contributed by atoms with van der Waals surface area (Å²) in [4.78, 5) is 12.3. The Morgan fingerprint density at radius 2 is 1.09 bits per heavy atom. The second kappa shape index (κ2) is 21.8. The summed E-state index contributed by atoms with van der Waals surface area (Å²) in [5.74, 6) is 1.40. The molecule has 0 aromatic heterocycles. The summed E-state index contributed by atoms with van der Waals surface area (Å²) in [6.45, 7) is 2.29. The van der Waals surface area contributed by atoms with E-state index in [0.29, 0.717) is 23.6 Å². The molecule has 1 amide bonds. The van der Waals surface area contributed by atoms with Gasteiger partial charge in [-0.3, -0.25) is 4.79 Å². The lowest BCUT2D eigenvalue weighted by atomic mass is 10.0. The molecule has 0 aliphatic rings. The first-order chi connectivity index (χ1) is 16.7. The maximum Gasteiger partial charge on any atom is 0.224 e. The van der Waals surface area contributed by atoms with Crippen LogP contribution in [0.3, 0.4) is 0 Å². The quantitative estimate of drug-likeness (QED) is 0.160. The molecule has 0 radical (unpaired) electrons. The maximum absolute atomic E-state index is 12.3. The SMILES string of the molecule is CCCCCCCCCCCCCCCCCCCCCC(=O)Nc1cc(OC)ccc1OC. The van der Waals surface area contributed by atoms with Crippen molar-refractivity contribution in [2.24, 2.45) is 0 Å². The van der Waals surface area contributed by atoms with E-state index in [1.54, 1.807) is 20.3 Å². The van der Waals surface area contributed by atoms with Crippen molar-refractivity contribution >= 4 is 11.6 Å². The number of carbonyl (C=O) groups is 1. The average Bonchev–Trinajstić information content (AvgIpc) is 2.85. The molecule has 4 nitrogen and oxygen atoms in total. The third-order valence-electron chi connectivity index (χ3n) is 6.69. The summed E-state index contributed by atoms with van der Waals surface area (Å²) in [6.07, 6.45) is 26.4. The summed E-state index contributed by atoms with van der Waals surface area (Å²) >= 11 is 0. The summed E-state index contributed by atoms with van der Waals surface area (Å²) < 4.78 is 10.6. The molecule has 0 bridgehead atoms. The molecule has 34 heavy (non-hydrogen) atoms. The van der Waals surface area contributed by atoms with Gasteiger partial charge in [0.25, 0.3) is 0 Å². The van der Waals surface area contributed by atoms with E-state index in [1.807, 2.05) is 12.1 Å². The number of methoxy groups -OCH3 is 2. The van der Waals surface area contributed by atoms with Crippen molar-refractivity contribution in [2.45, 2.75) is 135 Å². The molecule has 0 saturated carbocycles. The van der Waals surface area contributed by atoms with Gasteiger partial charge in [0, 0.05) is 12.5 Å². The molecule has 1 aromatic carbocycles. The van der Waals surface area contributed by atoms with E-state index in [-0.39, 0.29) is 5.91 Å². The number of benzene rings is 1. The minimum absolute atomic E-state index is 0.0403. The smallest absolute Gasteiger partial charge is 0.224 e. The highest BCUT2D eigenvalue weighted by molar-refractivity contribution is 5.92. The molecule has 0 saturated heterocycles. The molecule has 1 N–H and O–H groups in total. The van der Waals surface area contributed by atoms with E-state index in [4.69, 9.17) is 9.47 Å². The van der Waals surface area contributed by atoms with Gasteiger partial charge in [-0.2, -0.15) is 0 Å². The van der Waals surface area contributed by atoms with Gasteiger partial charge in [-0.25, -0.2) is 0 Å². The van der Waals surface area contributed by atoms with Crippen molar-refractivity contribution in [3.63, 3.8) is 0 Å². The van der Waals surface area contributed by atoms with Crippen molar-refractivity contribution < 1.29 is 14.3 Å². The van der Waals surface area contributed by atoms with Crippen LogP contribution in [0.25, 0.3) is 0 Å². The molecule has 0 aliphatic carbocycles. The van der Waals surface area contributed by atoms with Crippen molar-refractivity contribution in [1.82, 2.24) is 0 Å². The molecule has 0 spiro atoms. The number of ether oxygens (including phenoxy) is 2. The number of hydrogen-bond donors (Lipinski definition) is 1. The van der Waals surface area contributed by atoms with Crippen LogP contribution in [0.2, 0.25) is 0 Å². The Hall–Kier alpha value is -1.71. The fourth-order valence-corrected chi connectivity index (χ4v) is 4.49. The van der Waals surface area contributed by atoms with Crippen molar-refractivity contribution in [3.8, 4) is 11.5 Å². The van der Waals surface area contributed by atoms with Crippen molar-refractivity contribution in [2.75, 3.05) is 19.5 Å². The van der Waals surface area contributed by atoms with Crippen LogP contribution >= 0.6 is 0 Å². The van der Waals surface area contributed by atoms with Gasteiger partial charge in [0.2, 0.25) is 5.91 Å². The van der Waals surface area contributed by atoms with Crippen LogP contribution in [0.15, 0.2) is 18.2 Å². The number of amides is 1. The Morgan fingerprint density at radius 1 is 0.647 bits per heavy atom. The highest BCUT2D eigenvalue weighted by atomic mass is 16.5. The van der Waals surface area contributed by atoms with E-state index < -0.39 is 0 Å². The van der Waals surface area contributed by atoms with Gasteiger partial charge >= 0.3 is 0 Å². The number of unbranched alkanes of at least 4 members (excludes halogenated alkanes) is 18. The van der Waals surface area contributed by atoms with Gasteiger partial charge < -0.3 is 14.8 Å². The molecule has 0 fully saturated rings. The second-order valence-electron chi connectivity index (χ2n) is 9.73. The van der Waals surface area contributed by atoms with Crippen LogP contribution in [0.1, 0.15) is 135 Å². The topological polar surface area (TPSA) is 47.6 Å². The third kappa shape index (κ3) is 16.0. The molecule has 0 unspecified atom stereocenters. The van der Waals surface area contributed by atoms with Crippen molar-refractivity contribution in [1.29, 1.82) is 0 Å². The predicted octanol–water partition coefficient (Wildman–Crippen LogP) is 9.46. The molecule has 1 aromatic rings. The van der Waals surface area contributed by atoms with Gasteiger partial charge in [-0.15, -0.1) is 0 Å². The van der Waals surface area contributed by atoms with Crippen LogP contribution in [0.4, 0.5) is 5.69 Å². The largest absolute Gasteiger partial charge is 0.497 e. The van der Waals surface area contributed by atoms with Crippen molar-refractivity contribution in [3.05, 3.63) is 18.2 Å². The summed E-state index contributed by atoms with van der Waals surface area (Å²) in [7, 11) is 3.22. The third-order valence-corrected chi connectivity index (χ3v) is 6.69. The number of rotatable bonds is 23. The molecule has 0 heterocycles. The molecule has 4 heteroatoms. The second-order valence-corrected chi connectivity index (χ2v) is 9.73. The average molecular weight is 476 g/mol. The van der Waals surface area contributed by atoms with Gasteiger partial charge in [0.15, 0.2) is 0 Å². The highest BCUT2D eigenvalue weighted by Gasteiger charge is 2.09. The summed E-state index contributed by atoms with van der Waals surface area (Å²) in [5, 5.41) is 2.95. The van der Waals surface area contributed by atoms with Gasteiger partial charge in [0.05, 0.1) is 19.9 Å². The Labute approximate surface area is 210 Å². The van der Waals surface area contributed by atoms with E-state index >= 15 is 0 Å². The molecule has 0 aliphatic heterocycles. The van der Waals surface area contributed by atoms with Crippen LogP contribution < -0.4 is 14.8 Å². The fraction of sp³-hybridized carbons (Fsp3) is 0.767. The highest BCUT2D eigenvalue weighted by Crippen LogP contribution is 2.29. The number of nitrogens with one attached hydrogen (secondary N) is 1. The zero-order valence-electron chi connectivity index (χ0n) is 22.6. The maximum atomic E-state index is 12.3. The molecular formula is C30H53NO3.